The summed E-state index contributed by atoms with van der Waals surface area (Å²) in [5.41, 5.74) is 1.26. The highest BCUT2D eigenvalue weighted by atomic mass is 16.2. The molecule has 142 valence electrons. The number of hydrogen-bond acceptors (Lipinski definition) is 3. The largest absolute Gasteiger partial charge is 0.348 e. The summed E-state index contributed by atoms with van der Waals surface area (Å²) in [6.45, 7) is 7.42. The Bertz CT molecular complexity index is 878. The first kappa shape index (κ1) is 17.8. The molecule has 4 heterocycles. The number of carbonyl (C=O) groups excluding carboxylic acids is 2. The Hall–Kier alpha value is -2.63. The first-order valence-electron chi connectivity index (χ1n) is 9.67. The van der Waals surface area contributed by atoms with E-state index in [0.29, 0.717) is 12.4 Å². The highest BCUT2D eigenvalue weighted by Crippen LogP contribution is 2.36. The van der Waals surface area contributed by atoms with Crippen molar-refractivity contribution in [2.75, 3.05) is 6.54 Å². The number of carbonyl (C=O) groups is 2. The van der Waals surface area contributed by atoms with E-state index in [-0.39, 0.29) is 24.3 Å². The van der Waals surface area contributed by atoms with Gasteiger partial charge in [-0.2, -0.15) is 4.99 Å². The molecule has 6 heteroatoms. The van der Waals surface area contributed by atoms with Gasteiger partial charge in [-0.3, -0.25) is 9.59 Å². The van der Waals surface area contributed by atoms with Crippen LogP contribution in [0.2, 0.25) is 0 Å². The summed E-state index contributed by atoms with van der Waals surface area (Å²) >= 11 is 0. The van der Waals surface area contributed by atoms with E-state index in [1.54, 1.807) is 0 Å². The van der Waals surface area contributed by atoms with Crippen LogP contribution in [-0.4, -0.2) is 44.1 Å². The van der Waals surface area contributed by atoms with Crippen molar-refractivity contribution in [1.29, 1.82) is 0 Å². The lowest BCUT2D eigenvalue weighted by Crippen LogP contribution is -2.62. The number of amides is 2. The smallest absolute Gasteiger partial charge is 0.250 e. The predicted molar refractivity (Wildman–Crippen MR) is 104 cm³/mol. The standard InChI is InChI=1S/C21H26N4O2/c1-4-6-17-16-7-5-9-23(16)11-12-24(17)20(27)21(3)14-19(26)22-18-13-15(2)8-10-25(18)21/h5,7-10,13,17H,4,6,11-12,14H2,1-3H3. The van der Waals surface area contributed by atoms with Crippen LogP contribution in [0.3, 0.4) is 0 Å². The van der Waals surface area contributed by atoms with Crippen molar-refractivity contribution in [3.63, 3.8) is 0 Å². The Balaban J connectivity index is 1.70. The van der Waals surface area contributed by atoms with E-state index in [1.165, 1.54) is 5.69 Å². The molecule has 0 aromatic carbocycles. The van der Waals surface area contributed by atoms with Crippen molar-refractivity contribution in [1.82, 2.24) is 14.4 Å². The fourth-order valence-electron chi connectivity index (χ4n) is 4.41. The minimum Gasteiger partial charge on any atom is -0.348 e. The molecule has 2 amide bonds. The van der Waals surface area contributed by atoms with Crippen LogP contribution >= 0.6 is 0 Å². The molecule has 0 N–H and O–H groups in total. The molecule has 0 saturated heterocycles. The van der Waals surface area contributed by atoms with Gasteiger partial charge >= 0.3 is 0 Å². The predicted octanol–water partition coefficient (Wildman–Crippen LogP) is 3.03. The zero-order valence-corrected chi connectivity index (χ0v) is 16.2. The molecule has 0 radical (unpaired) electrons. The lowest BCUT2D eigenvalue weighted by atomic mass is 9.88. The second-order valence-electron chi connectivity index (χ2n) is 7.82. The van der Waals surface area contributed by atoms with Crippen molar-refractivity contribution >= 4 is 17.6 Å². The quantitative estimate of drug-likeness (QED) is 0.826. The SMILES string of the molecule is CCCC1c2cccn2CCN1C(=O)C1(C)CC(=O)N=C2C=C(C)C=CN21. The Labute approximate surface area is 159 Å². The van der Waals surface area contributed by atoms with E-state index in [4.69, 9.17) is 0 Å². The maximum atomic E-state index is 13.8. The number of aromatic nitrogens is 1. The van der Waals surface area contributed by atoms with E-state index in [0.717, 1.165) is 25.0 Å². The van der Waals surface area contributed by atoms with Crippen LogP contribution in [-0.2, 0) is 16.1 Å². The number of fused-ring (bicyclic) bond motifs is 2. The summed E-state index contributed by atoms with van der Waals surface area (Å²) < 4.78 is 2.23. The normalized spacial score (nSPS) is 27.1. The minimum absolute atomic E-state index is 0.00625. The fourth-order valence-corrected chi connectivity index (χ4v) is 4.41. The maximum absolute atomic E-state index is 13.8. The molecule has 4 rings (SSSR count). The van der Waals surface area contributed by atoms with Gasteiger partial charge in [0.15, 0.2) is 0 Å². The molecule has 6 nitrogen and oxygen atoms in total. The lowest BCUT2D eigenvalue weighted by Gasteiger charge is -2.47. The summed E-state index contributed by atoms with van der Waals surface area (Å²) in [5, 5.41) is 0. The fraction of sp³-hybridized carbons (Fsp3) is 0.476. The molecule has 2 atom stereocenters. The van der Waals surface area contributed by atoms with E-state index >= 15 is 0 Å². The molecule has 0 bridgehead atoms. The van der Waals surface area contributed by atoms with Gasteiger partial charge in [-0.1, -0.05) is 13.3 Å². The average molecular weight is 366 g/mol. The third-order valence-electron chi connectivity index (χ3n) is 5.80. The van der Waals surface area contributed by atoms with Gasteiger partial charge in [-0.25, -0.2) is 0 Å². The zero-order chi connectivity index (χ0) is 19.2. The van der Waals surface area contributed by atoms with Gasteiger partial charge in [0, 0.05) is 31.2 Å². The average Bonchev–Trinajstić information content (AvgIpc) is 3.10. The molecule has 1 aromatic rings. The highest BCUT2D eigenvalue weighted by molar-refractivity contribution is 6.10. The molecular formula is C21H26N4O2. The van der Waals surface area contributed by atoms with Gasteiger partial charge in [0.05, 0.1) is 12.5 Å². The van der Waals surface area contributed by atoms with Gasteiger partial charge in [-0.05, 0) is 50.1 Å². The van der Waals surface area contributed by atoms with Crippen LogP contribution in [0.25, 0.3) is 0 Å². The maximum Gasteiger partial charge on any atom is 0.250 e. The molecule has 1 aromatic heterocycles. The number of aliphatic imine (C=N–C) groups is 1. The molecule has 3 aliphatic heterocycles. The van der Waals surface area contributed by atoms with E-state index in [1.807, 2.05) is 48.1 Å². The van der Waals surface area contributed by atoms with Crippen LogP contribution in [0.15, 0.2) is 47.2 Å². The van der Waals surface area contributed by atoms with Crippen molar-refractivity contribution in [3.05, 3.63) is 47.9 Å². The molecule has 0 fully saturated rings. The number of allylic oxidation sites excluding steroid dienone is 2. The van der Waals surface area contributed by atoms with E-state index in [9.17, 15) is 9.59 Å². The third kappa shape index (κ3) is 2.83. The van der Waals surface area contributed by atoms with Crippen molar-refractivity contribution in [3.8, 4) is 0 Å². The summed E-state index contributed by atoms with van der Waals surface area (Å²) in [7, 11) is 0. The van der Waals surface area contributed by atoms with Crippen molar-refractivity contribution in [2.45, 2.75) is 58.2 Å². The second-order valence-corrected chi connectivity index (χ2v) is 7.82. The number of nitrogens with zero attached hydrogens (tertiary/aromatic N) is 4. The Morgan fingerprint density at radius 1 is 1.37 bits per heavy atom. The van der Waals surface area contributed by atoms with Crippen molar-refractivity contribution in [2.24, 2.45) is 4.99 Å². The number of hydrogen-bond donors (Lipinski definition) is 0. The first-order chi connectivity index (χ1) is 12.9. The lowest BCUT2D eigenvalue weighted by molar-refractivity contribution is -0.147. The summed E-state index contributed by atoms with van der Waals surface area (Å²) in [5.74, 6) is 0.338. The minimum atomic E-state index is -0.942. The topological polar surface area (TPSA) is 57.9 Å². The van der Waals surface area contributed by atoms with Gasteiger partial charge in [-0.15, -0.1) is 0 Å². The summed E-state index contributed by atoms with van der Waals surface area (Å²) in [6.07, 6.45) is 9.81. The zero-order valence-electron chi connectivity index (χ0n) is 16.2. The molecule has 2 unspecified atom stereocenters. The van der Waals surface area contributed by atoms with E-state index < -0.39 is 5.54 Å². The molecule has 0 spiro atoms. The van der Waals surface area contributed by atoms with Gasteiger partial charge < -0.3 is 14.4 Å². The molecule has 3 aliphatic rings. The summed E-state index contributed by atoms with van der Waals surface area (Å²) in [4.78, 5) is 34.2. The molecule has 0 saturated carbocycles. The van der Waals surface area contributed by atoms with Crippen LogP contribution in [0.1, 0.15) is 51.8 Å². The number of amidine groups is 1. The van der Waals surface area contributed by atoms with E-state index in [2.05, 4.69) is 28.7 Å². The van der Waals surface area contributed by atoms with Crippen molar-refractivity contribution < 1.29 is 9.59 Å². The van der Waals surface area contributed by atoms with Crippen LogP contribution in [0, 0.1) is 0 Å². The monoisotopic (exact) mass is 366 g/mol. The highest BCUT2D eigenvalue weighted by Gasteiger charge is 2.49. The van der Waals surface area contributed by atoms with Gasteiger partial charge in [0.25, 0.3) is 5.91 Å². The van der Waals surface area contributed by atoms with Gasteiger partial charge in [0.2, 0.25) is 5.91 Å². The Kier molecular flexibility index (Phi) is 4.29. The second kappa shape index (κ2) is 6.51. The Morgan fingerprint density at radius 2 is 2.19 bits per heavy atom. The first-order valence-corrected chi connectivity index (χ1v) is 9.67. The van der Waals surface area contributed by atoms with Crippen LogP contribution in [0.4, 0.5) is 0 Å². The molecular weight excluding hydrogens is 340 g/mol. The van der Waals surface area contributed by atoms with Gasteiger partial charge in [0.1, 0.15) is 11.4 Å². The molecule has 0 aliphatic carbocycles. The van der Waals surface area contributed by atoms with Crippen LogP contribution in [0.5, 0.6) is 0 Å². The third-order valence-corrected chi connectivity index (χ3v) is 5.80. The number of rotatable bonds is 3. The van der Waals surface area contributed by atoms with Crippen LogP contribution < -0.4 is 0 Å². The molecule has 27 heavy (non-hydrogen) atoms. The summed E-state index contributed by atoms with van der Waals surface area (Å²) in [6, 6.07) is 4.20. The Morgan fingerprint density at radius 3 is 2.96 bits per heavy atom.